The summed E-state index contributed by atoms with van der Waals surface area (Å²) in [6.45, 7) is 9.64. The van der Waals surface area contributed by atoms with Crippen LogP contribution in [0.1, 0.15) is 101 Å². The molecule has 0 aromatic heterocycles. The Morgan fingerprint density at radius 1 is 1.15 bits per heavy atom. The zero-order chi connectivity index (χ0) is 28.2. The van der Waals surface area contributed by atoms with E-state index in [1.54, 1.807) is 4.90 Å². The van der Waals surface area contributed by atoms with Gasteiger partial charge in [0.2, 0.25) is 11.8 Å². The Labute approximate surface area is 232 Å². The molecule has 1 saturated carbocycles. The first-order valence-electron chi connectivity index (χ1n) is 14.6. The van der Waals surface area contributed by atoms with Crippen LogP contribution in [0.15, 0.2) is 18.2 Å². The lowest BCUT2D eigenvalue weighted by molar-refractivity contribution is -0.136. The van der Waals surface area contributed by atoms with Crippen LogP contribution in [0, 0.1) is 5.92 Å². The van der Waals surface area contributed by atoms with Crippen LogP contribution in [0.5, 0.6) is 0 Å². The van der Waals surface area contributed by atoms with Crippen molar-refractivity contribution in [1.29, 1.82) is 0 Å². The Kier molecular flexibility index (Phi) is 9.18. The molecule has 2 aliphatic heterocycles. The number of rotatable bonds is 9. The van der Waals surface area contributed by atoms with Crippen LogP contribution in [0.2, 0.25) is 0 Å². The van der Waals surface area contributed by atoms with E-state index in [-0.39, 0.29) is 30.2 Å². The fraction of sp³-hybridized carbons (Fsp3) is 0.667. The Hall–Kier alpha value is -3.10. The number of carbonyl (C=O) groups excluding carboxylic acids is 4. The molecule has 1 aromatic carbocycles. The average molecular weight is 541 g/mol. The van der Waals surface area contributed by atoms with E-state index in [0.717, 1.165) is 62.7 Å². The molecule has 1 unspecified atom stereocenters. The minimum Gasteiger partial charge on any atom is -0.444 e. The summed E-state index contributed by atoms with van der Waals surface area (Å²) in [4.78, 5) is 54.0. The van der Waals surface area contributed by atoms with Crippen molar-refractivity contribution in [3.05, 3.63) is 29.3 Å². The lowest BCUT2D eigenvalue weighted by Gasteiger charge is -2.40. The van der Waals surface area contributed by atoms with Gasteiger partial charge in [-0.3, -0.25) is 19.7 Å². The van der Waals surface area contributed by atoms with Gasteiger partial charge < -0.3 is 19.9 Å². The number of hydrogen-bond acceptors (Lipinski definition) is 6. The molecule has 9 heteroatoms. The van der Waals surface area contributed by atoms with Crippen molar-refractivity contribution in [3.63, 3.8) is 0 Å². The van der Waals surface area contributed by atoms with E-state index in [1.807, 2.05) is 32.9 Å². The van der Waals surface area contributed by atoms with Gasteiger partial charge in [0.15, 0.2) is 0 Å². The van der Waals surface area contributed by atoms with Gasteiger partial charge in [0.05, 0.1) is 0 Å². The topological polar surface area (TPSA) is 108 Å². The molecule has 4 amide bonds. The number of hydrogen-bond donors (Lipinski definition) is 2. The molecule has 1 aliphatic carbocycles. The Morgan fingerprint density at radius 2 is 1.95 bits per heavy atom. The van der Waals surface area contributed by atoms with Crippen LogP contribution in [0.25, 0.3) is 0 Å². The molecule has 39 heavy (non-hydrogen) atoms. The monoisotopic (exact) mass is 540 g/mol. The number of nitrogens with zero attached hydrogens (tertiary/aromatic N) is 2. The van der Waals surface area contributed by atoms with Crippen molar-refractivity contribution in [2.75, 3.05) is 18.0 Å². The van der Waals surface area contributed by atoms with Crippen LogP contribution >= 0.6 is 0 Å². The normalized spacial score (nSPS) is 23.3. The van der Waals surface area contributed by atoms with E-state index in [1.165, 1.54) is 0 Å². The third kappa shape index (κ3) is 7.11. The maximum absolute atomic E-state index is 13.4. The molecule has 2 fully saturated rings. The maximum Gasteiger partial charge on any atom is 0.407 e. The van der Waals surface area contributed by atoms with Crippen LogP contribution in [0.4, 0.5) is 10.5 Å². The molecule has 2 heterocycles. The second kappa shape index (κ2) is 12.4. The van der Waals surface area contributed by atoms with Crippen molar-refractivity contribution in [2.24, 2.45) is 5.92 Å². The Bertz CT molecular complexity index is 1080. The molecular weight excluding hydrogens is 496 g/mol. The second-order valence-electron chi connectivity index (χ2n) is 12.2. The molecule has 9 nitrogen and oxygen atoms in total. The first-order chi connectivity index (χ1) is 18.6. The van der Waals surface area contributed by atoms with Crippen LogP contribution in [0.3, 0.4) is 0 Å². The number of carbonyl (C=O) groups is 4. The number of anilines is 1. The van der Waals surface area contributed by atoms with Crippen molar-refractivity contribution in [2.45, 2.75) is 110 Å². The summed E-state index contributed by atoms with van der Waals surface area (Å²) in [6, 6.07) is 5.58. The van der Waals surface area contributed by atoms with E-state index < -0.39 is 11.6 Å². The summed E-state index contributed by atoms with van der Waals surface area (Å²) in [5.74, 6) is -0.459. The number of fused-ring (bicyclic) bond motifs is 1. The van der Waals surface area contributed by atoms with Crippen LogP contribution < -0.4 is 15.5 Å². The van der Waals surface area contributed by atoms with Crippen molar-refractivity contribution in [3.8, 4) is 0 Å². The molecule has 3 atom stereocenters. The van der Waals surface area contributed by atoms with E-state index in [9.17, 15) is 19.2 Å². The molecule has 0 spiro atoms. The number of benzene rings is 1. The third-order valence-electron chi connectivity index (χ3n) is 8.00. The number of imide groups is 1. The number of alkyl carbamates (subject to hydrolysis) is 1. The largest absolute Gasteiger partial charge is 0.444 e. The summed E-state index contributed by atoms with van der Waals surface area (Å²) < 4.78 is 5.43. The molecule has 3 aliphatic rings. The average Bonchev–Trinajstić information content (AvgIpc) is 3.21. The fourth-order valence-corrected chi connectivity index (χ4v) is 6.14. The van der Waals surface area contributed by atoms with Gasteiger partial charge in [-0.1, -0.05) is 32.3 Å². The van der Waals surface area contributed by atoms with Crippen molar-refractivity contribution < 1.29 is 23.9 Å². The third-order valence-corrected chi connectivity index (χ3v) is 8.00. The van der Waals surface area contributed by atoms with E-state index in [2.05, 4.69) is 28.5 Å². The van der Waals surface area contributed by atoms with Crippen LogP contribution in [-0.2, 0) is 20.9 Å². The lowest BCUT2D eigenvalue weighted by atomic mass is 9.84. The number of nitrogens with one attached hydrogen (secondary N) is 2. The minimum atomic E-state index is -0.623. The smallest absolute Gasteiger partial charge is 0.407 e. The van der Waals surface area contributed by atoms with E-state index in [0.29, 0.717) is 37.0 Å². The molecule has 0 radical (unpaired) electrons. The highest BCUT2D eigenvalue weighted by atomic mass is 16.6. The molecule has 214 valence electrons. The van der Waals surface area contributed by atoms with Crippen molar-refractivity contribution >= 4 is 29.5 Å². The predicted octanol–water partition coefficient (Wildman–Crippen LogP) is 4.53. The number of unbranched alkanes of at least 4 members (excludes halogenated alkanes) is 2. The summed E-state index contributed by atoms with van der Waals surface area (Å²) in [5.41, 5.74) is 2.16. The lowest BCUT2D eigenvalue weighted by Crippen LogP contribution is -2.52. The SMILES string of the molecule is CCCCCN(c1cccc2c1CN(C1CCC(=O)NC1=O)C2=O)[C@H]1CCC[C@@H](CNC(=O)OC(C)(C)C)C1. The maximum atomic E-state index is 13.4. The van der Waals surface area contributed by atoms with Gasteiger partial charge >= 0.3 is 6.09 Å². The summed E-state index contributed by atoms with van der Waals surface area (Å²) in [5, 5.41) is 5.36. The molecular formula is C30H44N4O5. The fourth-order valence-electron chi connectivity index (χ4n) is 6.14. The highest BCUT2D eigenvalue weighted by Gasteiger charge is 2.41. The number of ether oxygens (including phenoxy) is 1. The van der Waals surface area contributed by atoms with Gasteiger partial charge in [-0.15, -0.1) is 0 Å². The zero-order valence-electron chi connectivity index (χ0n) is 23.9. The first-order valence-corrected chi connectivity index (χ1v) is 14.6. The summed E-state index contributed by atoms with van der Waals surface area (Å²) in [6.07, 6.45) is 7.68. The highest BCUT2D eigenvalue weighted by molar-refractivity contribution is 6.06. The van der Waals surface area contributed by atoms with Gasteiger partial charge in [-0.2, -0.15) is 0 Å². The van der Waals surface area contributed by atoms with Crippen molar-refractivity contribution in [1.82, 2.24) is 15.5 Å². The summed E-state index contributed by atoms with van der Waals surface area (Å²) in [7, 11) is 0. The standard InChI is InChI=1S/C30H44N4O5/c1-5-6-7-16-33(21-11-8-10-20(17-21)18-31-29(38)39-30(2,3)4)24-13-9-12-22-23(24)19-34(28(22)37)25-14-15-26(35)32-27(25)36/h9,12-13,20-21,25H,5-8,10-11,14-19H2,1-4H3,(H,31,38)(H,32,35,36)/t20-,21+,25?/m1/s1. The number of amides is 4. The highest BCUT2D eigenvalue weighted by Crippen LogP contribution is 2.38. The molecule has 0 bridgehead atoms. The van der Waals surface area contributed by atoms with E-state index >= 15 is 0 Å². The number of piperidine rings is 1. The molecule has 1 aromatic rings. The zero-order valence-corrected chi connectivity index (χ0v) is 23.9. The van der Waals surface area contributed by atoms with Gasteiger partial charge in [0, 0.05) is 48.9 Å². The quantitative estimate of drug-likeness (QED) is 0.352. The summed E-state index contributed by atoms with van der Waals surface area (Å²) >= 11 is 0. The second-order valence-corrected chi connectivity index (χ2v) is 12.2. The van der Waals surface area contributed by atoms with Gasteiger partial charge in [0.25, 0.3) is 5.91 Å². The van der Waals surface area contributed by atoms with Gasteiger partial charge in [-0.05, 0) is 70.9 Å². The molecule has 2 N–H and O–H groups in total. The van der Waals surface area contributed by atoms with Crippen LogP contribution in [-0.4, -0.2) is 59.5 Å². The molecule has 1 saturated heterocycles. The van der Waals surface area contributed by atoms with Gasteiger partial charge in [-0.25, -0.2) is 4.79 Å². The Balaban J connectivity index is 1.51. The first kappa shape index (κ1) is 28.9. The Morgan fingerprint density at radius 3 is 2.67 bits per heavy atom. The van der Waals surface area contributed by atoms with Gasteiger partial charge in [0.1, 0.15) is 11.6 Å². The predicted molar refractivity (Wildman–Crippen MR) is 149 cm³/mol. The minimum absolute atomic E-state index is 0.141. The van der Waals surface area contributed by atoms with E-state index in [4.69, 9.17) is 4.74 Å². The molecule has 4 rings (SSSR count).